The van der Waals surface area contributed by atoms with Gasteiger partial charge in [0, 0.05) is 13.6 Å². The van der Waals surface area contributed by atoms with E-state index in [9.17, 15) is 4.39 Å². The first-order valence-electron chi connectivity index (χ1n) is 8.96. The number of ether oxygens (including phenoxy) is 2. The van der Waals surface area contributed by atoms with Gasteiger partial charge in [0.2, 0.25) is 0 Å². The van der Waals surface area contributed by atoms with Crippen LogP contribution in [0.2, 0.25) is 0 Å². The average Bonchev–Trinajstić information content (AvgIpc) is 2.98. The van der Waals surface area contributed by atoms with Gasteiger partial charge in [0.25, 0.3) is 0 Å². The summed E-state index contributed by atoms with van der Waals surface area (Å²) in [6, 6.07) is 14.1. The summed E-state index contributed by atoms with van der Waals surface area (Å²) in [5, 5.41) is 4.67. The van der Waals surface area contributed by atoms with E-state index < -0.39 is 0 Å². The standard InChI is InChI=1S/C20H21FN4O2S/c1-23(11-14-7-9-15(21)10-8-14)13-25-20(28)24(2)19(22-25)18-12-26-16-5-3-4-6-17(16)27-18/h3-10,18H,11-13H2,1-2H3. The summed E-state index contributed by atoms with van der Waals surface area (Å²) in [7, 11) is 3.85. The lowest BCUT2D eigenvalue weighted by molar-refractivity contribution is 0.0821. The molecule has 146 valence electrons. The van der Waals surface area contributed by atoms with Crippen LogP contribution in [0.1, 0.15) is 17.5 Å². The van der Waals surface area contributed by atoms with Crippen molar-refractivity contribution in [3.05, 3.63) is 70.5 Å². The van der Waals surface area contributed by atoms with Gasteiger partial charge in [0.05, 0.1) is 6.67 Å². The number of nitrogens with zero attached hydrogens (tertiary/aromatic N) is 4. The zero-order chi connectivity index (χ0) is 19.7. The van der Waals surface area contributed by atoms with Gasteiger partial charge >= 0.3 is 0 Å². The number of fused-ring (bicyclic) bond motifs is 1. The Labute approximate surface area is 167 Å². The van der Waals surface area contributed by atoms with E-state index in [1.807, 2.05) is 42.9 Å². The van der Waals surface area contributed by atoms with E-state index in [0.29, 0.717) is 30.3 Å². The number of halogens is 1. The van der Waals surface area contributed by atoms with E-state index >= 15 is 0 Å². The third-order valence-corrected chi connectivity index (χ3v) is 5.10. The van der Waals surface area contributed by atoms with Crippen molar-refractivity contribution in [3.8, 4) is 11.5 Å². The third-order valence-electron chi connectivity index (χ3n) is 4.61. The van der Waals surface area contributed by atoms with Gasteiger partial charge in [-0.05, 0) is 49.1 Å². The minimum absolute atomic E-state index is 0.237. The lowest BCUT2D eigenvalue weighted by atomic mass is 10.2. The Morgan fingerprint density at radius 3 is 2.64 bits per heavy atom. The maximum absolute atomic E-state index is 13.1. The molecule has 8 heteroatoms. The molecular weight excluding hydrogens is 379 g/mol. The number of hydrogen-bond acceptors (Lipinski definition) is 5. The first kappa shape index (κ1) is 18.6. The summed E-state index contributed by atoms with van der Waals surface area (Å²) in [4.78, 5) is 2.06. The van der Waals surface area contributed by atoms with Crippen LogP contribution < -0.4 is 9.47 Å². The largest absolute Gasteiger partial charge is 0.485 e. The Hall–Kier alpha value is -2.71. The zero-order valence-electron chi connectivity index (χ0n) is 15.7. The number of rotatable bonds is 5. The summed E-state index contributed by atoms with van der Waals surface area (Å²) in [6.07, 6.45) is -0.328. The molecule has 28 heavy (non-hydrogen) atoms. The molecule has 0 radical (unpaired) electrons. The lowest BCUT2D eigenvalue weighted by Gasteiger charge is -2.25. The van der Waals surface area contributed by atoms with Gasteiger partial charge in [-0.25, -0.2) is 9.07 Å². The highest BCUT2D eigenvalue weighted by Crippen LogP contribution is 2.35. The van der Waals surface area contributed by atoms with Crippen molar-refractivity contribution < 1.29 is 13.9 Å². The smallest absolute Gasteiger partial charge is 0.198 e. The fraction of sp³-hybridized carbons (Fsp3) is 0.300. The van der Waals surface area contributed by atoms with Crippen molar-refractivity contribution in [1.29, 1.82) is 0 Å². The van der Waals surface area contributed by atoms with Gasteiger partial charge in [-0.2, -0.15) is 5.10 Å². The predicted octanol–water partition coefficient (Wildman–Crippen LogP) is 3.69. The molecule has 1 unspecified atom stereocenters. The molecular formula is C20H21FN4O2S. The highest BCUT2D eigenvalue weighted by molar-refractivity contribution is 7.71. The van der Waals surface area contributed by atoms with Gasteiger partial charge in [-0.15, -0.1) is 0 Å². The van der Waals surface area contributed by atoms with Crippen LogP contribution in [-0.2, 0) is 20.3 Å². The van der Waals surface area contributed by atoms with Gasteiger partial charge in [0.15, 0.2) is 28.2 Å². The Bertz CT molecular complexity index is 1030. The van der Waals surface area contributed by atoms with Crippen LogP contribution in [-0.4, -0.2) is 32.9 Å². The molecule has 1 aliphatic heterocycles. The molecule has 1 aliphatic rings. The van der Waals surface area contributed by atoms with Crippen molar-refractivity contribution in [2.24, 2.45) is 7.05 Å². The molecule has 2 aromatic carbocycles. The minimum Gasteiger partial charge on any atom is -0.485 e. The van der Waals surface area contributed by atoms with Gasteiger partial charge < -0.3 is 14.0 Å². The molecule has 0 aliphatic carbocycles. The molecule has 0 saturated heterocycles. The van der Waals surface area contributed by atoms with Crippen LogP contribution in [0.3, 0.4) is 0 Å². The van der Waals surface area contributed by atoms with E-state index in [0.717, 1.165) is 17.1 Å². The van der Waals surface area contributed by atoms with Crippen molar-refractivity contribution in [2.75, 3.05) is 13.7 Å². The van der Waals surface area contributed by atoms with Crippen molar-refractivity contribution in [3.63, 3.8) is 0 Å². The average molecular weight is 400 g/mol. The van der Waals surface area contributed by atoms with Crippen LogP contribution in [0.5, 0.6) is 11.5 Å². The normalized spacial score (nSPS) is 15.8. The second-order valence-corrected chi connectivity index (χ2v) is 7.21. The summed E-state index contributed by atoms with van der Waals surface area (Å²) in [5.74, 6) is 1.92. The number of aromatic nitrogens is 3. The Balaban J connectivity index is 1.49. The molecule has 0 saturated carbocycles. The van der Waals surface area contributed by atoms with E-state index in [1.54, 1.807) is 16.8 Å². The molecule has 1 atom stereocenters. The number of para-hydroxylation sites is 2. The van der Waals surface area contributed by atoms with Crippen LogP contribution in [0.25, 0.3) is 0 Å². The maximum atomic E-state index is 13.1. The molecule has 0 N–H and O–H groups in total. The molecule has 3 aromatic rings. The topological polar surface area (TPSA) is 44.5 Å². The monoisotopic (exact) mass is 400 g/mol. The zero-order valence-corrected chi connectivity index (χ0v) is 16.5. The fourth-order valence-electron chi connectivity index (χ4n) is 3.20. The van der Waals surface area contributed by atoms with E-state index in [-0.39, 0.29) is 11.9 Å². The molecule has 1 aromatic heterocycles. The fourth-order valence-corrected chi connectivity index (χ4v) is 3.40. The number of hydrogen-bond donors (Lipinski definition) is 0. The van der Waals surface area contributed by atoms with Crippen LogP contribution in [0, 0.1) is 10.6 Å². The SMILES string of the molecule is CN(Cc1ccc(F)cc1)Cn1nc(C2COc3ccccc3O2)n(C)c1=S. The van der Waals surface area contributed by atoms with Crippen molar-refractivity contribution in [1.82, 2.24) is 19.2 Å². The Morgan fingerprint density at radius 2 is 1.89 bits per heavy atom. The number of benzene rings is 2. The first-order valence-corrected chi connectivity index (χ1v) is 9.37. The maximum Gasteiger partial charge on any atom is 0.198 e. The van der Waals surface area contributed by atoms with Crippen LogP contribution >= 0.6 is 12.2 Å². The Morgan fingerprint density at radius 1 is 1.18 bits per heavy atom. The van der Waals surface area contributed by atoms with Crippen molar-refractivity contribution in [2.45, 2.75) is 19.3 Å². The van der Waals surface area contributed by atoms with E-state index in [1.165, 1.54) is 12.1 Å². The van der Waals surface area contributed by atoms with Crippen LogP contribution in [0.15, 0.2) is 48.5 Å². The highest BCUT2D eigenvalue weighted by atomic mass is 32.1. The highest BCUT2D eigenvalue weighted by Gasteiger charge is 2.27. The summed E-state index contributed by atoms with van der Waals surface area (Å²) in [6.45, 7) is 1.54. The summed E-state index contributed by atoms with van der Waals surface area (Å²) < 4.78 is 29.2. The summed E-state index contributed by atoms with van der Waals surface area (Å²) >= 11 is 5.55. The van der Waals surface area contributed by atoms with Gasteiger partial charge in [0.1, 0.15) is 12.4 Å². The lowest BCUT2D eigenvalue weighted by Crippen LogP contribution is -2.25. The quantitative estimate of drug-likeness (QED) is 0.611. The van der Waals surface area contributed by atoms with Gasteiger partial charge in [-0.3, -0.25) is 4.90 Å². The van der Waals surface area contributed by atoms with Gasteiger partial charge in [-0.1, -0.05) is 24.3 Å². The molecule has 6 nitrogen and oxygen atoms in total. The van der Waals surface area contributed by atoms with Crippen molar-refractivity contribution >= 4 is 12.2 Å². The Kier molecular flexibility index (Phi) is 5.15. The second-order valence-electron chi connectivity index (χ2n) is 6.85. The molecule has 0 amide bonds. The van der Waals surface area contributed by atoms with E-state index in [2.05, 4.69) is 10.00 Å². The molecule has 2 heterocycles. The summed E-state index contributed by atoms with van der Waals surface area (Å²) in [5.41, 5.74) is 1.02. The third kappa shape index (κ3) is 3.79. The minimum atomic E-state index is -0.328. The molecule has 0 bridgehead atoms. The predicted molar refractivity (Wildman–Crippen MR) is 105 cm³/mol. The molecule has 0 spiro atoms. The van der Waals surface area contributed by atoms with E-state index in [4.69, 9.17) is 21.7 Å². The second kappa shape index (κ2) is 7.73. The molecule has 0 fully saturated rings. The van der Waals surface area contributed by atoms with Crippen LogP contribution in [0.4, 0.5) is 4.39 Å². The first-order chi connectivity index (χ1) is 13.5. The molecule has 4 rings (SSSR count).